The second kappa shape index (κ2) is 7.69. The molecule has 21 heavy (non-hydrogen) atoms. The van der Waals surface area contributed by atoms with Gasteiger partial charge in [0.15, 0.2) is 0 Å². The number of alkyl halides is 1. The average molecular weight is 310 g/mol. The molecule has 0 aliphatic heterocycles. The first-order chi connectivity index (χ1) is 10.2. The first kappa shape index (κ1) is 16.2. The van der Waals surface area contributed by atoms with Crippen molar-refractivity contribution in [2.24, 2.45) is 0 Å². The van der Waals surface area contributed by atoms with Gasteiger partial charge in [-0.1, -0.05) is 30.9 Å². The molecule has 0 aromatic heterocycles. The van der Waals surface area contributed by atoms with E-state index in [0.717, 1.165) is 18.4 Å². The number of nitrogens with zero attached hydrogens (tertiary/aromatic N) is 1. The van der Waals surface area contributed by atoms with Crippen LogP contribution in [-0.4, -0.2) is 36.4 Å². The van der Waals surface area contributed by atoms with Crippen LogP contribution in [0.1, 0.15) is 48.0 Å². The van der Waals surface area contributed by atoms with Crippen LogP contribution in [0.15, 0.2) is 18.2 Å². The van der Waals surface area contributed by atoms with Crippen LogP contribution in [0.3, 0.4) is 0 Å². The minimum atomic E-state index is 0.0445. The molecule has 2 rings (SSSR count). The molecule has 1 aromatic rings. The minimum Gasteiger partial charge on any atom is -0.496 e. The predicted molar refractivity (Wildman–Crippen MR) is 86.4 cm³/mol. The quantitative estimate of drug-likeness (QED) is 0.769. The summed E-state index contributed by atoms with van der Waals surface area (Å²) >= 11 is 5.93. The second-order valence-corrected chi connectivity index (χ2v) is 6.06. The highest BCUT2D eigenvalue weighted by Gasteiger charge is 2.27. The summed E-state index contributed by atoms with van der Waals surface area (Å²) in [7, 11) is 1.61. The first-order valence-corrected chi connectivity index (χ1v) is 8.22. The van der Waals surface area contributed by atoms with E-state index in [0.29, 0.717) is 29.8 Å². The zero-order valence-corrected chi connectivity index (χ0v) is 13.7. The van der Waals surface area contributed by atoms with Crippen molar-refractivity contribution in [3.63, 3.8) is 0 Å². The van der Waals surface area contributed by atoms with Gasteiger partial charge >= 0.3 is 0 Å². The van der Waals surface area contributed by atoms with Crippen LogP contribution >= 0.6 is 11.6 Å². The van der Waals surface area contributed by atoms with Crippen molar-refractivity contribution in [1.29, 1.82) is 0 Å². The van der Waals surface area contributed by atoms with E-state index in [9.17, 15) is 4.79 Å². The van der Waals surface area contributed by atoms with Crippen LogP contribution in [0.2, 0.25) is 0 Å². The molecule has 1 saturated carbocycles. The number of carbonyl (C=O) groups is 1. The predicted octanol–water partition coefficient (Wildman–Crippen LogP) is 4.02. The van der Waals surface area contributed by atoms with E-state index >= 15 is 0 Å². The van der Waals surface area contributed by atoms with E-state index in [2.05, 4.69) is 0 Å². The number of carbonyl (C=O) groups excluding carboxylic acids is 1. The number of halogens is 1. The summed E-state index contributed by atoms with van der Waals surface area (Å²) in [5.41, 5.74) is 1.71. The Balaban J connectivity index is 2.27. The maximum atomic E-state index is 13.0. The van der Waals surface area contributed by atoms with E-state index in [1.54, 1.807) is 7.11 Å². The largest absolute Gasteiger partial charge is 0.496 e. The number of benzene rings is 1. The number of aryl methyl sites for hydroxylation is 1. The fraction of sp³-hybridized carbons (Fsp3) is 0.588. The smallest absolute Gasteiger partial charge is 0.257 e. The average Bonchev–Trinajstić information content (AvgIpc) is 2.52. The zero-order valence-electron chi connectivity index (χ0n) is 12.9. The molecule has 1 amide bonds. The summed E-state index contributed by atoms with van der Waals surface area (Å²) in [6.45, 7) is 2.59. The van der Waals surface area contributed by atoms with E-state index in [4.69, 9.17) is 16.3 Å². The Hall–Kier alpha value is -1.22. The van der Waals surface area contributed by atoms with Gasteiger partial charge in [0.1, 0.15) is 5.75 Å². The topological polar surface area (TPSA) is 29.5 Å². The maximum absolute atomic E-state index is 13.0. The van der Waals surface area contributed by atoms with Gasteiger partial charge in [0.25, 0.3) is 5.91 Å². The van der Waals surface area contributed by atoms with Gasteiger partial charge in [-0.05, 0) is 31.9 Å². The van der Waals surface area contributed by atoms with Gasteiger partial charge in [-0.15, -0.1) is 11.6 Å². The Kier molecular flexibility index (Phi) is 5.92. The molecule has 0 radical (unpaired) electrons. The van der Waals surface area contributed by atoms with Crippen LogP contribution in [0.25, 0.3) is 0 Å². The number of ether oxygens (including phenoxy) is 1. The van der Waals surface area contributed by atoms with Gasteiger partial charge < -0.3 is 9.64 Å². The Morgan fingerprint density at radius 3 is 2.67 bits per heavy atom. The van der Waals surface area contributed by atoms with Crippen molar-refractivity contribution in [2.75, 3.05) is 19.5 Å². The molecule has 0 N–H and O–H groups in total. The molecule has 116 valence electrons. The summed E-state index contributed by atoms with van der Waals surface area (Å²) in [4.78, 5) is 14.9. The Labute approximate surface area is 132 Å². The lowest BCUT2D eigenvalue weighted by Gasteiger charge is -2.34. The van der Waals surface area contributed by atoms with Gasteiger partial charge in [-0.25, -0.2) is 0 Å². The number of methoxy groups -OCH3 is 1. The number of hydrogen-bond acceptors (Lipinski definition) is 2. The molecule has 1 aliphatic rings. The second-order valence-electron chi connectivity index (χ2n) is 5.68. The molecule has 0 unspecified atom stereocenters. The highest BCUT2D eigenvalue weighted by Crippen LogP contribution is 2.27. The van der Waals surface area contributed by atoms with Crippen LogP contribution in [-0.2, 0) is 0 Å². The third-order valence-electron chi connectivity index (χ3n) is 4.19. The Morgan fingerprint density at radius 1 is 1.33 bits per heavy atom. The molecule has 1 aromatic carbocycles. The highest BCUT2D eigenvalue weighted by atomic mass is 35.5. The lowest BCUT2D eigenvalue weighted by Crippen LogP contribution is -2.42. The van der Waals surface area contributed by atoms with E-state index < -0.39 is 0 Å². The summed E-state index contributed by atoms with van der Waals surface area (Å²) in [5, 5.41) is 0. The molecule has 0 heterocycles. The third-order valence-corrected chi connectivity index (χ3v) is 4.36. The molecule has 1 fully saturated rings. The van der Waals surface area contributed by atoms with Gasteiger partial charge in [0.2, 0.25) is 0 Å². The number of amides is 1. The third kappa shape index (κ3) is 3.91. The lowest BCUT2D eigenvalue weighted by atomic mass is 9.93. The van der Waals surface area contributed by atoms with Crippen molar-refractivity contribution < 1.29 is 9.53 Å². The van der Waals surface area contributed by atoms with Crippen molar-refractivity contribution in [1.82, 2.24) is 4.90 Å². The standard InChI is InChI=1S/C17H24ClNO2/c1-13-8-9-16(21-2)15(12-13)17(20)19(11-10-18)14-6-4-3-5-7-14/h8-9,12,14H,3-7,10-11H2,1-2H3. The normalized spacial score (nSPS) is 15.8. The van der Waals surface area contributed by atoms with E-state index in [-0.39, 0.29) is 5.91 Å². The van der Waals surface area contributed by atoms with Crippen molar-refractivity contribution >= 4 is 17.5 Å². The molecule has 0 bridgehead atoms. The lowest BCUT2D eigenvalue weighted by molar-refractivity contribution is 0.0646. The van der Waals surface area contributed by atoms with Crippen LogP contribution in [0.4, 0.5) is 0 Å². The molecule has 0 saturated heterocycles. The summed E-state index contributed by atoms with van der Waals surface area (Å²) in [6, 6.07) is 6.05. The van der Waals surface area contributed by atoms with Gasteiger partial charge in [0.05, 0.1) is 12.7 Å². The SMILES string of the molecule is COc1ccc(C)cc1C(=O)N(CCCl)C1CCCCC1. The fourth-order valence-electron chi connectivity index (χ4n) is 3.08. The molecule has 1 aliphatic carbocycles. The minimum absolute atomic E-state index is 0.0445. The summed E-state index contributed by atoms with van der Waals surface area (Å²) < 4.78 is 5.36. The Morgan fingerprint density at radius 2 is 2.05 bits per heavy atom. The molecule has 0 spiro atoms. The van der Waals surface area contributed by atoms with Gasteiger partial charge in [-0.3, -0.25) is 4.79 Å². The highest BCUT2D eigenvalue weighted by molar-refractivity contribution is 6.18. The van der Waals surface area contributed by atoms with Crippen LogP contribution in [0, 0.1) is 6.92 Å². The van der Waals surface area contributed by atoms with Gasteiger partial charge in [-0.2, -0.15) is 0 Å². The van der Waals surface area contributed by atoms with E-state index in [1.165, 1.54) is 19.3 Å². The number of rotatable bonds is 5. The summed E-state index contributed by atoms with van der Waals surface area (Å²) in [5.74, 6) is 1.15. The molecular weight excluding hydrogens is 286 g/mol. The first-order valence-electron chi connectivity index (χ1n) is 7.69. The molecule has 0 atom stereocenters. The van der Waals surface area contributed by atoms with Crippen molar-refractivity contribution in [3.05, 3.63) is 29.3 Å². The van der Waals surface area contributed by atoms with E-state index in [1.807, 2.05) is 30.0 Å². The fourth-order valence-corrected chi connectivity index (χ4v) is 3.26. The Bertz CT molecular complexity index is 484. The van der Waals surface area contributed by atoms with Crippen molar-refractivity contribution in [3.8, 4) is 5.75 Å². The maximum Gasteiger partial charge on any atom is 0.257 e. The number of hydrogen-bond donors (Lipinski definition) is 0. The van der Waals surface area contributed by atoms with Crippen LogP contribution < -0.4 is 4.74 Å². The molecular formula is C17H24ClNO2. The summed E-state index contributed by atoms with van der Waals surface area (Å²) in [6.07, 6.45) is 5.82. The molecule has 4 heteroatoms. The van der Waals surface area contributed by atoms with Crippen LogP contribution in [0.5, 0.6) is 5.75 Å². The molecule has 3 nitrogen and oxygen atoms in total. The monoisotopic (exact) mass is 309 g/mol. The zero-order chi connectivity index (χ0) is 15.2. The van der Waals surface area contributed by atoms with Crippen molar-refractivity contribution in [2.45, 2.75) is 45.1 Å². The van der Waals surface area contributed by atoms with Gasteiger partial charge in [0, 0.05) is 18.5 Å².